The number of carbonyl (C=O) groups excluding carboxylic acids is 1. The summed E-state index contributed by atoms with van der Waals surface area (Å²) in [6.45, 7) is 4.01. The van der Waals surface area contributed by atoms with Gasteiger partial charge in [-0.3, -0.25) is 9.78 Å². The van der Waals surface area contributed by atoms with Crippen molar-refractivity contribution in [3.63, 3.8) is 0 Å². The molecule has 1 aromatic heterocycles. The Balaban J connectivity index is 2.54. The topological polar surface area (TPSA) is 30.0 Å². The van der Waals surface area contributed by atoms with Gasteiger partial charge in [0.25, 0.3) is 0 Å². The molecule has 0 aliphatic heterocycles. The van der Waals surface area contributed by atoms with E-state index in [2.05, 4.69) is 4.98 Å². The van der Waals surface area contributed by atoms with Crippen molar-refractivity contribution in [1.82, 2.24) is 4.98 Å². The summed E-state index contributed by atoms with van der Waals surface area (Å²) in [6.07, 6.45) is 3.86. The molecule has 2 heteroatoms. The van der Waals surface area contributed by atoms with Crippen LogP contribution in [0.25, 0.3) is 0 Å². The Bertz CT molecular complexity index is 277. The second-order valence-electron chi connectivity index (χ2n) is 3.29. The van der Waals surface area contributed by atoms with Gasteiger partial charge < -0.3 is 0 Å². The molecular weight excluding hydrogens is 162 g/mol. The molecule has 0 aromatic carbocycles. The van der Waals surface area contributed by atoms with E-state index in [0.29, 0.717) is 12.8 Å². The van der Waals surface area contributed by atoms with Gasteiger partial charge in [0.15, 0.2) is 0 Å². The molecule has 1 aromatic rings. The van der Waals surface area contributed by atoms with Gasteiger partial charge in [-0.2, -0.15) is 0 Å². The Morgan fingerprint density at radius 2 is 2.23 bits per heavy atom. The van der Waals surface area contributed by atoms with Crippen LogP contribution in [0.1, 0.15) is 31.0 Å². The fourth-order valence-corrected chi connectivity index (χ4v) is 1.17. The second kappa shape index (κ2) is 4.75. The average Bonchev–Trinajstić information content (AvgIpc) is 2.09. The number of aromatic nitrogens is 1. The molecule has 0 spiro atoms. The number of hydrogen-bond acceptors (Lipinski definition) is 2. The van der Waals surface area contributed by atoms with Gasteiger partial charge in [-0.05, 0) is 25.0 Å². The Hall–Kier alpha value is -1.18. The highest BCUT2D eigenvalue weighted by Gasteiger charge is 2.02. The van der Waals surface area contributed by atoms with Crippen LogP contribution >= 0.6 is 0 Å². The first-order valence-electron chi connectivity index (χ1n) is 4.65. The van der Waals surface area contributed by atoms with Crippen molar-refractivity contribution in [2.75, 3.05) is 0 Å². The second-order valence-corrected chi connectivity index (χ2v) is 3.29. The predicted molar refractivity (Wildman–Crippen MR) is 52.6 cm³/mol. The van der Waals surface area contributed by atoms with Crippen molar-refractivity contribution in [2.45, 2.75) is 33.1 Å². The minimum Gasteiger partial charge on any atom is -0.299 e. The third kappa shape index (κ3) is 3.36. The Morgan fingerprint density at radius 3 is 2.77 bits per heavy atom. The monoisotopic (exact) mass is 177 g/mol. The van der Waals surface area contributed by atoms with Crippen LogP contribution < -0.4 is 0 Å². The highest BCUT2D eigenvalue weighted by atomic mass is 16.1. The van der Waals surface area contributed by atoms with Crippen molar-refractivity contribution in [2.24, 2.45) is 0 Å². The van der Waals surface area contributed by atoms with Crippen molar-refractivity contribution in [3.8, 4) is 0 Å². The van der Waals surface area contributed by atoms with Crippen LogP contribution in [0.4, 0.5) is 0 Å². The summed E-state index contributed by atoms with van der Waals surface area (Å²) in [6, 6.07) is 3.91. The van der Waals surface area contributed by atoms with Gasteiger partial charge in [0, 0.05) is 24.7 Å². The summed E-state index contributed by atoms with van der Waals surface area (Å²) >= 11 is 0. The normalized spacial score (nSPS) is 10.0. The van der Waals surface area contributed by atoms with Crippen molar-refractivity contribution >= 4 is 5.78 Å². The first-order chi connectivity index (χ1) is 6.22. The fourth-order valence-electron chi connectivity index (χ4n) is 1.17. The average molecular weight is 177 g/mol. The van der Waals surface area contributed by atoms with Crippen LogP contribution in [0.5, 0.6) is 0 Å². The molecule has 0 N–H and O–H groups in total. The third-order valence-electron chi connectivity index (χ3n) is 1.88. The molecule has 0 amide bonds. The van der Waals surface area contributed by atoms with Crippen molar-refractivity contribution in [1.29, 1.82) is 0 Å². The smallest absolute Gasteiger partial charge is 0.138 e. The molecule has 0 saturated carbocycles. The summed E-state index contributed by atoms with van der Waals surface area (Å²) in [5.41, 5.74) is 2.01. The SMILES string of the molecule is CCCC(=O)Cc1ccc(C)cn1. The molecular formula is C11H15NO. The molecule has 2 nitrogen and oxygen atoms in total. The van der Waals surface area contributed by atoms with Gasteiger partial charge in [0.1, 0.15) is 5.78 Å². The molecule has 1 heterocycles. The van der Waals surface area contributed by atoms with Gasteiger partial charge in [-0.1, -0.05) is 13.0 Å². The van der Waals surface area contributed by atoms with E-state index in [4.69, 9.17) is 0 Å². The maximum absolute atomic E-state index is 11.3. The minimum absolute atomic E-state index is 0.277. The summed E-state index contributed by atoms with van der Waals surface area (Å²) in [4.78, 5) is 15.4. The highest BCUT2D eigenvalue weighted by Crippen LogP contribution is 2.02. The maximum atomic E-state index is 11.3. The van der Waals surface area contributed by atoms with Gasteiger partial charge in [-0.25, -0.2) is 0 Å². The Kier molecular flexibility index (Phi) is 3.62. The van der Waals surface area contributed by atoms with Crippen LogP contribution in [0, 0.1) is 6.92 Å². The molecule has 0 aliphatic carbocycles. The lowest BCUT2D eigenvalue weighted by molar-refractivity contribution is -0.118. The first-order valence-corrected chi connectivity index (χ1v) is 4.65. The number of pyridine rings is 1. The molecule has 0 radical (unpaired) electrons. The number of carbonyl (C=O) groups is 1. The molecule has 0 aliphatic rings. The van der Waals surface area contributed by atoms with Crippen LogP contribution in [0.3, 0.4) is 0 Å². The minimum atomic E-state index is 0.277. The predicted octanol–water partition coefficient (Wildman–Crippen LogP) is 2.30. The highest BCUT2D eigenvalue weighted by molar-refractivity contribution is 5.80. The van der Waals surface area contributed by atoms with E-state index in [1.807, 2.05) is 26.0 Å². The van der Waals surface area contributed by atoms with Crippen LogP contribution in [0.2, 0.25) is 0 Å². The number of ketones is 1. The van der Waals surface area contributed by atoms with E-state index < -0.39 is 0 Å². The van der Waals surface area contributed by atoms with E-state index in [1.54, 1.807) is 6.20 Å². The number of hydrogen-bond donors (Lipinski definition) is 0. The fraction of sp³-hybridized carbons (Fsp3) is 0.455. The lowest BCUT2D eigenvalue weighted by Gasteiger charge is -1.99. The van der Waals surface area contributed by atoms with Gasteiger partial charge in [-0.15, -0.1) is 0 Å². The molecule has 1 rings (SSSR count). The molecule has 13 heavy (non-hydrogen) atoms. The first kappa shape index (κ1) is 9.90. The van der Waals surface area contributed by atoms with Gasteiger partial charge in [0.2, 0.25) is 0 Å². The maximum Gasteiger partial charge on any atom is 0.138 e. The molecule has 0 bridgehead atoms. The zero-order valence-corrected chi connectivity index (χ0v) is 8.21. The van der Waals surface area contributed by atoms with Gasteiger partial charge in [0.05, 0.1) is 0 Å². The summed E-state index contributed by atoms with van der Waals surface area (Å²) in [5, 5.41) is 0. The molecule has 70 valence electrons. The number of Topliss-reactive ketones (excluding diaryl/α,β-unsaturated/α-hetero) is 1. The third-order valence-corrected chi connectivity index (χ3v) is 1.88. The van der Waals surface area contributed by atoms with Crippen molar-refractivity contribution < 1.29 is 4.79 Å². The van der Waals surface area contributed by atoms with E-state index in [9.17, 15) is 4.79 Å². The summed E-state index contributed by atoms with van der Waals surface area (Å²) in [7, 11) is 0. The summed E-state index contributed by atoms with van der Waals surface area (Å²) < 4.78 is 0. The van der Waals surface area contributed by atoms with E-state index in [-0.39, 0.29) is 5.78 Å². The van der Waals surface area contributed by atoms with E-state index in [0.717, 1.165) is 17.7 Å². The molecule has 0 saturated heterocycles. The van der Waals surface area contributed by atoms with Crippen LogP contribution in [-0.4, -0.2) is 10.8 Å². The quantitative estimate of drug-likeness (QED) is 0.706. The van der Waals surface area contributed by atoms with Crippen molar-refractivity contribution in [3.05, 3.63) is 29.6 Å². The number of nitrogens with zero attached hydrogens (tertiary/aromatic N) is 1. The standard InChI is InChI=1S/C11H15NO/c1-3-4-11(13)7-10-6-5-9(2)8-12-10/h5-6,8H,3-4,7H2,1-2H3. The largest absolute Gasteiger partial charge is 0.299 e. The van der Waals surface area contributed by atoms with E-state index >= 15 is 0 Å². The zero-order chi connectivity index (χ0) is 9.68. The zero-order valence-electron chi connectivity index (χ0n) is 8.21. The Labute approximate surface area is 79.0 Å². The molecule has 0 unspecified atom stereocenters. The Morgan fingerprint density at radius 1 is 1.46 bits per heavy atom. The lowest BCUT2D eigenvalue weighted by Crippen LogP contribution is -2.03. The number of aryl methyl sites for hydroxylation is 1. The molecule has 0 atom stereocenters. The van der Waals surface area contributed by atoms with Gasteiger partial charge >= 0.3 is 0 Å². The van der Waals surface area contributed by atoms with Crippen LogP contribution in [-0.2, 0) is 11.2 Å². The molecule has 0 fully saturated rings. The number of rotatable bonds is 4. The van der Waals surface area contributed by atoms with E-state index in [1.165, 1.54) is 0 Å². The summed E-state index contributed by atoms with van der Waals surface area (Å²) in [5.74, 6) is 0.277. The van der Waals surface area contributed by atoms with Crippen LogP contribution in [0.15, 0.2) is 18.3 Å². The lowest BCUT2D eigenvalue weighted by atomic mass is 10.1.